The molecule has 6 heteroatoms. The van der Waals surface area contributed by atoms with Gasteiger partial charge in [0.1, 0.15) is 5.82 Å². The molecule has 0 saturated carbocycles. The predicted octanol–water partition coefficient (Wildman–Crippen LogP) is 4.65. The largest absolute Gasteiger partial charge is 0.312 e. The minimum atomic E-state index is 0.624. The summed E-state index contributed by atoms with van der Waals surface area (Å²) in [5.74, 6) is 1.53. The van der Waals surface area contributed by atoms with Gasteiger partial charge in [0.25, 0.3) is 0 Å². The first-order valence-electron chi connectivity index (χ1n) is 7.08. The third-order valence-corrected chi connectivity index (χ3v) is 5.14. The Hall–Kier alpha value is -0.620. The maximum atomic E-state index is 6.36. The average molecular weight is 342 g/mol. The Morgan fingerprint density at radius 3 is 2.86 bits per heavy atom. The van der Waals surface area contributed by atoms with Crippen LogP contribution in [0.1, 0.15) is 32.2 Å². The van der Waals surface area contributed by atoms with Crippen LogP contribution in [0.3, 0.4) is 0 Å². The quantitative estimate of drug-likeness (QED) is 0.795. The van der Waals surface area contributed by atoms with Gasteiger partial charge in [-0.15, -0.1) is 0 Å². The van der Waals surface area contributed by atoms with Crippen LogP contribution >= 0.6 is 34.9 Å². The van der Waals surface area contributed by atoms with E-state index in [2.05, 4.69) is 41.5 Å². The molecule has 2 rings (SSSR count). The molecule has 0 unspecified atom stereocenters. The fraction of sp³-hybridized carbons (Fsp3) is 0.467. The zero-order valence-corrected chi connectivity index (χ0v) is 14.9. The molecular weight excluding hydrogens is 322 g/mol. The van der Waals surface area contributed by atoms with E-state index < -0.39 is 0 Å². The number of hydrogen-bond donors (Lipinski definition) is 1. The molecule has 1 aromatic carbocycles. The first-order valence-corrected chi connectivity index (χ1v) is 9.05. The minimum Gasteiger partial charge on any atom is -0.312 e. The molecule has 3 nitrogen and oxygen atoms in total. The van der Waals surface area contributed by atoms with Crippen molar-refractivity contribution in [3.05, 3.63) is 34.6 Å². The van der Waals surface area contributed by atoms with Crippen LogP contribution in [0, 0.1) is 5.92 Å². The van der Waals surface area contributed by atoms with Crippen LogP contribution in [0.15, 0.2) is 27.4 Å². The molecule has 0 aliphatic rings. The summed E-state index contributed by atoms with van der Waals surface area (Å²) in [6.07, 6.45) is 0.870. The van der Waals surface area contributed by atoms with Gasteiger partial charge in [0.15, 0.2) is 4.34 Å². The molecule has 114 valence electrons. The van der Waals surface area contributed by atoms with Gasteiger partial charge in [-0.2, -0.15) is 4.37 Å². The van der Waals surface area contributed by atoms with E-state index in [-0.39, 0.29) is 0 Å². The summed E-state index contributed by atoms with van der Waals surface area (Å²) >= 11 is 9.45. The fourth-order valence-corrected chi connectivity index (χ4v) is 3.93. The van der Waals surface area contributed by atoms with Crippen molar-refractivity contribution >= 4 is 34.9 Å². The molecule has 0 atom stereocenters. The number of aryl methyl sites for hydroxylation is 1. The second-order valence-corrected chi connectivity index (χ2v) is 7.62. The van der Waals surface area contributed by atoms with Crippen molar-refractivity contribution in [1.82, 2.24) is 14.7 Å². The zero-order chi connectivity index (χ0) is 15.2. The van der Waals surface area contributed by atoms with Gasteiger partial charge in [0, 0.05) is 22.9 Å². The Morgan fingerprint density at radius 2 is 2.19 bits per heavy atom. The maximum Gasteiger partial charge on any atom is 0.174 e. The minimum absolute atomic E-state index is 0.624. The maximum absolute atomic E-state index is 6.36. The number of rotatable bonds is 7. The summed E-state index contributed by atoms with van der Waals surface area (Å²) < 4.78 is 5.30. The van der Waals surface area contributed by atoms with Crippen molar-refractivity contribution < 1.29 is 0 Å². The first kappa shape index (κ1) is 16.7. The molecular formula is C15H20ClN3S2. The number of hydrogen-bond acceptors (Lipinski definition) is 5. The molecule has 0 radical (unpaired) electrons. The highest BCUT2D eigenvalue weighted by molar-refractivity contribution is 8.01. The second-order valence-electron chi connectivity index (χ2n) is 5.17. The lowest BCUT2D eigenvalue weighted by atomic mass is 10.2. The lowest BCUT2D eigenvalue weighted by Gasteiger charge is -2.12. The highest BCUT2D eigenvalue weighted by Gasteiger charge is 2.11. The second kappa shape index (κ2) is 8.13. The van der Waals surface area contributed by atoms with Crippen molar-refractivity contribution in [3.63, 3.8) is 0 Å². The van der Waals surface area contributed by atoms with E-state index in [1.165, 1.54) is 11.5 Å². The molecule has 0 amide bonds. The summed E-state index contributed by atoms with van der Waals surface area (Å²) in [4.78, 5) is 5.66. The van der Waals surface area contributed by atoms with Crippen LogP contribution in [0.4, 0.5) is 0 Å². The van der Waals surface area contributed by atoms with Gasteiger partial charge >= 0.3 is 0 Å². The van der Waals surface area contributed by atoms with E-state index >= 15 is 0 Å². The Bertz CT molecular complexity index is 584. The molecule has 2 aromatic rings. The molecule has 1 heterocycles. The molecule has 0 spiro atoms. The van der Waals surface area contributed by atoms with Crippen LogP contribution in [0.5, 0.6) is 0 Å². The highest BCUT2D eigenvalue weighted by atomic mass is 35.5. The molecule has 0 bridgehead atoms. The van der Waals surface area contributed by atoms with Crippen molar-refractivity contribution in [2.75, 3.05) is 6.54 Å². The van der Waals surface area contributed by atoms with Crippen LogP contribution < -0.4 is 5.32 Å². The number of nitrogens with one attached hydrogen (secondary N) is 1. The standard InChI is InChI=1S/C15H20ClN3S2/c1-4-14-18-15(21-19-14)20-13-7-5-6-12(16)11(13)9-17-8-10(2)3/h5-7,10,17H,4,8-9H2,1-3H3. The molecule has 0 saturated heterocycles. The van der Waals surface area contributed by atoms with E-state index in [1.54, 1.807) is 11.8 Å². The molecule has 0 aliphatic heterocycles. The van der Waals surface area contributed by atoms with Gasteiger partial charge in [-0.25, -0.2) is 4.98 Å². The summed E-state index contributed by atoms with van der Waals surface area (Å²) in [6, 6.07) is 6.02. The SMILES string of the molecule is CCc1nsc(Sc2cccc(Cl)c2CNCC(C)C)n1. The van der Waals surface area contributed by atoms with E-state index in [4.69, 9.17) is 11.6 Å². The van der Waals surface area contributed by atoms with Gasteiger partial charge in [-0.1, -0.05) is 50.2 Å². The molecule has 1 aromatic heterocycles. The lowest BCUT2D eigenvalue weighted by molar-refractivity contribution is 0.550. The number of aromatic nitrogens is 2. The Labute approximate surface area is 139 Å². The average Bonchev–Trinajstić information content (AvgIpc) is 2.89. The van der Waals surface area contributed by atoms with Crippen molar-refractivity contribution in [1.29, 1.82) is 0 Å². The molecule has 0 aliphatic carbocycles. The topological polar surface area (TPSA) is 37.8 Å². The predicted molar refractivity (Wildman–Crippen MR) is 91.4 cm³/mol. The van der Waals surface area contributed by atoms with E-state index in [0.717, 1.165) is 45.2 Å². The number of nitrogens with zero attached hydrogens (tertiary/aromatic N) is 2. The molecule has 0 fully saturated rings. The fourth-order valence-electron chi connectivity index (χ4n) is 1.81. The Balaban J connectivity index is 2.12. The first-order chi connectivity index (χ1) is 10.1. The lowest BCUT2D eigenvalue weighted by Crippen LogP contribution is -2.19. The summed E-state index contributed by atoms with van der Waals surface area (Å²) in [5.41, 5.74) is 1.14. The Kier molecular flexibility index (Phi) is 6.48. The molecule has 21 heavy (non-hydrogen) atoms. The third kappa shape index (κ3) is 4.95. The van der Waals surface area contributed by atoms with Gasteiger partial charge in [-0.3, -0.25) is 0 Å². The van der Waals surface area contributed by atoms with Crippen LogP contribution in [0.25, 0.3) is 0 Å². The van der Waals surface area contributed by atoms with E-state index in [9.17, 15) is 0 Å². The third-order valence-electron chi connectivity index (χ3n) is 2.89. The summed E-state index contributed by atoms with van der Waals surface area (Å²) in [7, 11) is 0. The van der Waals surface area contributed by atoms with Gasteiger partial charge < -0.3 is 5.32 Å². The van der Waals surface area contributed by atoms with Crippen LogP contribution in [-0.4, -0.2) is 15.9 Å². The number of benzene rings is 1. The van der Waals surface area contributed by atoms with E-state index in [1.807, 2.05) is 12.1 Å². The van der Waals surface area contributed by atoms with Crippen molar-refractivity contribution in [2.45, 2.75) is 43.0 Å². The Morgan fingerprint density at radius 1 is 1.38 bits per heavy atom. The van der Waals surface area contributed by atoms with Crippen LogP contribution in [-0.2, 0) is 13.0 Å². The summed E-state index contributed by atoms with van der Waals surface area (Å²) in [5, 5.41) is 4.26. The van der Waals surface area contributed by atoms with Crippen LogP contribution in [0.2, 0.25) is 5.02 Å². The number of halogens is 1. The normalized spacial score (nSPS) is 11.3. The van der Waals surface area contributed by atoms with Crippen molar-refractivity contribution in [3.8, 4) is 0 Å². The zero-order valence-electron chi connectivity index (χ0n) is 12.5. The smallest absolute Gasteiger partial charge is 0.174 e. The van der Waals surface area contributed by atoms with Gasteiger partial charge in [0.05, 0.1) is 0 Å². The summed E-state index contributed by atoms with van der Waals surface area (Å²) in [6.45, 7) is 8.22. The highest BCUT2D eigenvalue weighted by Crippen LogP contribution is 2.34. The van der Waals surface area contributed by atoms with Gasteiger partial charge in [-0.05, 0) is 41.7 Å². The van der Waals surface area contributed by atoms with Crippen molar-refractivity contribution in [2.24, 2.45) is 5.92 Å². The van der Waals surface area contributed by atoms with E-state index in [0.29, 0.717) is 5.92 Å². The van der Waals surface area contributed by atoms with Gasteiger partial charge in [0.2, 0.25) is 0 Å². The molecule has 1 N–H and O–H groups in total. The monoisotopic (exact) mass is 341 g/mol.